The fourth-order valence-corrected chi connectivity index (χ4v) is 4.17. The van der Waals surface area contributed by atoms with Gasteiger partial charge in [-0.1, -0.05) is 0 Å². The first-order valence-electron chi connectivity index (χ1n) is 5.59. The molecular formula is C12H13BrN2O2S. The molecule has 4 nitrogen and oxygen atoms in total. The predicted octanol–water partition coefficient (Wildman–Crippen LogP) is 1.94. The number of nitrogens with zero attached hydrogens (tertiary/aromatic N) is 2. The lowest BCUT2D eigenvalue weighted by Gasteiger charge is -2.35. The van der Waals surface area contributed by atoms with Crippen LogP contribution in [-0.2, 0) is 9.84 Å². The molecule has 1 aromatic carbocycles. The van der Waals surface area contributed by atoms with Crippen LogP contribution in [0.1, 0.15) is 12.5 Å². The Morgan fingerprint density at radius 3 is 2.78 bits per heavy atom. The highest BCUT2D eigenvalue weighted by atomic mass is 79.9. The summed E-state index contributed by atoms with van der Waals surface area (Å²) in [5, 5.41) is 8.87. The Kier molecular flexibility index (Phi) is 3.64. The Balaban J connectivity index is 2.28. The van der Waals surface area contributed by atoms with Gasteiger partial charge in [-0.15, -0.1) is 0 Å². The molecule has 0 radical (unpaired) electrons. The van der Waals surface area contributed by atoms with Crippen LogP contribution in [0.3, 0.4) is 0 Å². The van der Waals surface area contributed by atoms with Gasteiger partial charge in [0.05, 0.1) is 17.1 Å². The summed E-state index contributed by atoms with van der Waals surface area (Å²) in [6.45, 7) is 2.41. The standard InChI is InChI=1S/C12H13BrN2O2S/c1-9-8-18(16,17)5-4-15(9)11-3-2-10(7-14)12(13)6-11/h2-3,6,9H,4-5,8H2,1H3. The minimum atomic E-state index is -2.90. The Bertz CT molecular complexity index is 607. The number of benzene rings is 1. The van der Waals surface area contributed by atoms with Crippen LogP contribution in [-0.4, -0.2) is 32.5 Å². The maximum Gasteiger partial charge on any atom is 0.154 e. The average molecular weight is 329 g/mol. The topological polar surface area (TPSA) is 61.2 Å². The normalized spacial score (nSPS) is 22.5. The van der Waals surface area contributed by atoms with Crippen molar-refractivity contribution in [2.24, 2.45) is 0 Å². The Morgan fingerprint density at radius 1 is 1.50 bits per heavy atom. The number of halogens is 1. The number of hydrogen-bond acceptors (Lipinski definition) is 4. The molecule has 0 bridgehead atoms. The fourth-order valence-electron chi connectivity index (χ4n) is 2.16. The summed E-state index contributed by atoms with van der Waals surface area (Å²) < 4.78 is 23.8. The number of sulfone groups is 1. The Labute approximate surface area is 115 Å². The van der Waals surface area contributed by atoms with E-state index in [0.29, 0.717) is 12.1 Å². The van der Waals surface area contributed by atoms with Gasteiger partial charge in [-0.2, -0.15) is 5.26 Å². The molecule has 1 aromatic rings. The summed E-state index contributed by atoms with van der Waals surface area (Å²) in [4.78, 5) is 2.06. The van der Waals surface area contributed by atoms with E-state index in [1.54, 1.807) is 6.07 Å². The Morgan fingerprint density at radius 2 is 2.22 bits per heavy atom. The van der Waals surface area contributed by atoms with Crippen LogP contribution >= 0.6 is 15.9 Å². The molecule has 0 N–H and O–H groups in total. The molecule has 1 unspecified atom stereocenters. The maximum atomic E-state index is 11.5. The second-order valence-electron chi connectivity index (χ2n) is 4.43. The molecule has 0 saturated carbocycles. The third kappa shape index (κ3) is 2.68. The van der Waals surface area contributed by atoms with E-state index in [0.717, 1.165) is 10.2 Å². The minimum absolute atomic E-state index is 0.0383. The van der Waals surface area contributed by atoms with Gasteiger partial charge in [-0.25, -0.2) is 8.42 Å². The van der Waals surface area contributed by atoms with E-state index in [2.05, 4.69) is 26.9 Å². The lowest BCUT2D eigenvalue weighted by molar-refractivity contribution is 0.568. The van der Waals surface area contributed by atoms with Crippen molar-refractivity contribution in [1.29, 1.82) is 5.26 Å². The summed E-state index contributed by atoms with van der Waals surface area (Å²) in [6.07, 6.45) is 0. The summed E-state index contributed by atoms with van der Waals surface area (Å²) >= 11 is 3.35. The monoisotopic (exact) mass is 328 g/mol. The third-order valence-corrected chi connectivity index (χ3v) is 5.53. The van der Waals surface area contributed by atoms with Crippen molar-refractivity contribution < 1.29 is 8.42 Å². The van der Waals surface area contributed by atoms with Crippen molar-refractivity contribution in [3.8, 4) is 6.07 Å². The molecule has 1 aliphatic heterocycles. The third-order valence-electron chi connectivity index (χ3n) is 3.08. The lowest BCUT2D eigenvalue weighted by atomic mass is 10.2. The van der Waals surface area contributed by atoms with Crippen molar-refractivity contribution in [3.63, 3.8) is 0 Å². The van der Waals surface area contributed by atoms with Crippen LogP contribution in [0.15, 0.2) is 22.7 Å². The van der Waals surface area contributed by atoms with Crippen LogP contribution in [0.4, 0.5) is 5.69 Å². The van der Waals surface area contributed by atoms with E-state index in [1.807, 2.05) is 19.1 Å². The molecule has 1 aliphatic rings. The van der Waals surface area contributed by atoms with Crippen molar-refractivity contribution in [1.82, 2.24) is 0 Å². The zero-order chi connectivity index (χ0) is 13.3. The molecule has 1 fully saturated rings. The molecule has 2 rings (SSSR count). The van der Waals surface area contributed by atoms with Gasteiger partial charge >= 0.3 is 0 Å². The van der Waals surface area contributed by atoms with Gasteiger partial charge in [0.25, 0.3) is 0 Å². The predicted molar refractivity (Wildman–Crippen MR) is 74.3 cm³/mol. The minimum Gasteiger partial charge on any atom is -0.367 e. The lowest BCUT2D eigenvalue weighted by Crippen LogP contribution is -2.47. The van der Waals surface area contributed by atoms with E-state index in [-0.39, 0.29) is 17.5 Å². The molecule has 96 valence electrons. The quantitative estimate of drug-likeness (QED) is 0.790. The van der Waals surface area contributed by atoms with Gasteiger partial charge in [0, 0.05) is 22.7 Å². The molecule has 0 aromatic heterocycles. The molecule has 1 heterocycles. The van der Waals surface area contributed by atoms with Gasteiger partial charge < -0.3 is 4.90 Å². The zero-order valence-electron chi connectivity index (χ0n) is 9.93. The molecule has 0 amide bonds. The molecule has 1 saturated heterocycles. The molecule has 1 atom stereocenters. The largest absolute Gasteiger partial charge is 0.367 e. The van der Waals surface area contributed by atoms with E-state index >= 15 is 0 Å². The number of anilines is 1. The van der Waals surface area contributed by atoms with Crippen LogP contribution in [0.2, 0.25) is 0 Å². The SMILES string of the molecule is CC1CS(=O)(=O)CCN1c1ccc(C#N)c(Br)c1. The van der Waals surface area contributed by atoms with Gasteiger partial charge in [0.1, 0.15) is 6.07 Å². The second-order valence-corrected chi connectivity index (χ2v) is 7.52. The fraction of sp³-hybridized carbons (Fsp3) is 0.417. The van der Waals surface area contributed by atoms with Crippen LogP contribution in [0.5, 0.6) is 0 Å². The van der Waals surface area contributed by atoms with Crippen LogP contribution in [0, 0.1) is 11.3 Å². The van der Waals surface area contributed by atoms with Crippen molar-refractivity contribution in [3.05, 3.63) is 28.2 Å². The van der Waals surface area contributed by atoms with Crippen molar-refractivity contribution in [2.75, 3.05) is 23.0 Å². The number of rotatable bonds is 1. The van der Waals surface area contributed by atoms with E-state index in [9.17, 15) is 8.42 Å². The summed E-state index contributed by atoms with van der Waals surface area (Å²) in [7, 11) is -2.90. The number of hydrogen-bond donors (Lipinski definition) is 0. The first-order chi connectivity index (χ1) is 8.43. The number of nitriles is 1. The van der Waals surface area contributed by atoms with Crippen molar-refractivity contribution >= 4 is 31.5 Å². The smallest absolute Gasteiger partial charge is 0.154 e. The molecule has 0 spiro atoms. The molecule has 0 aliphatic carbocycles. The summed E-state index contributed by atoms with van der Waals surface area (Å²) in [5.41, 5.74) is 1.53. The highest BCUT2D eigenvalue weighted by molar-refractivity contribution is 9.10. The molecule has 18 heavy (non-hydrogen) atoms. The van der Waals surface area contributed by atoms with Gasteiger partial charge in [0.15, 0.2) is 9.84 Å². The van der Waals surface area contributed by atoms with E-state index < -0.39 is 9.84 Å². The highest BCUT2D eigenvalue weighted by Gasteiger charge is 2.28. The van der Waals surface area contributed by atoms with Gasteiger partial charge in [-0.05, 0) is 41.1 Å². The summed E-state index contributed by atoms with van der Waals surface area (Å²) in [6, 6.07) is 7.52. The first-order valence-corrected chi connectivity index (χ1v) is 8.21. The first kappa shape index (κ1) is 13.4. The zero-order valence-corrected chi connectivity index (χ0v) is 12.3. The molecular weight excluding hydrogens is 316 g/mol. The van der Waals surface area contributed by atoms with Gasteiger partial charge in [-0.3, -0.25) is 0 Å². The van der Waals surface area contributed by atoms with Crippen molar-refractivity contribution in [2.45, 2.75) is 13.0 Å². The van der Waals surface area contributed by atoms with Crippen LogP contribution in [0.25, 0.3) is 0 Å². The van der Waals surface area contributed by atoms with E-state index in [4.69, 9.17) is 5.26 Å². The van der Waals surface area contributed by atoms with Gasteiger partial charge in [0.2, 0.25) is 0 Å². The van der Waals surface area contributed by atoms with Crippen LogP contribution < -0.4 is 4.90 Å². The highest BCUT2D eigenvalue weighted by Crippen LogP contribution is 2.27. The maximum absolute atomic E-state index is 11.5. The second kappa shape index (κ2) is 4.90. The molecule has 6 heteroatoms. The Hall–Kier alpha value is -1.06. The summed E-state index contributed by atoms with van der Waals surface area (Å²) in [5.74, 6) is 0.375. The van der Waals surface area contributed by atoms with E-state index in [1.165, 1.54) is 0 Å². The average Bonchev–Trinajstić information content (AvgIpc) is 2.27.